The number of carbonyl (C=O) groups excluding carboxylic acids is 1. The molecule has 1 aliphatic rings. The summed E-state index contributed by atoms with van der Waals surface area (Å²) in [7, 11) is -5.35. The fraction of sp³-hybridized carbons (Fsp3) is 0.364. The van der Waals surface area contributed by atoms with Gasteiger partial charge in [0.25, 0.3) is 0 Å². The molecule has 12 heteroatoms. The fourth-order valence-corrected chi connectivity index (χ4v) is 6.69. The molecule has 34 heavy (non-hydrogen) atoms. The number of ether oxygens (including phenoxy) is 1. The van der Waals surface area contributed by atoms with Crippen molar-refractivity contribution in [2.24, 2.45) is 0 Å². The standard InChI is InChI=1S/C22H25N3O6S3/c1-31-16-3-5-17(6-4-16)34(29,30)14-9-21(26)24-10-12-25(13-11-24)22-23-19-8-7-18(33(2,27)28)15-20(19)32-22/h3-8,15H,9-14H2,1-2H3. The lowest BCUT2D eigenvalue weighted by Crippen LogP contribution is -2.49. The number of thiazole rings is 1. The highest BCUT2D eigenvalue weighted by Gasteiger charge is 2.25. The van der Waals surface area contributed by atoms with Crippen LogP contribution in [0.15, 0.2) is 52.3 Å². The normalized spacial score (nSPS) is 15.0. The SMILES string of the molecule is COc1ccc(S(=O)(=O)CCC(=O)N2CCN(c3nc4ccc(S(C)(=O)=O)cc4s3)CC2)cc1. The first-order valence-electron chi connectivity index (χ1n) is 10.6. The third-order valence-electron chi connectivity index (χ3n) is 5.68. The number of methoxy groups -OCH3 is 1. The van der Waals surface area contributed by atoms with Crippen LogP contribution in [0.1, 0.15) is 6.42 Å². The van der Waals surface area contributed by atoms with Crippen molar-refractivity contribution in [1.29, 1.82) is 0 Å². The Morgan fingerprint density at radius 1 is 1.00 bits per heavy atom. The minimum Gasteiger partial charge on any atom is -0.497 e. The predicted octanol–water partition coefficient (Wildman–Crippen LogP) is 2.22. The summed E-state index contributed by atoms with van der Waals surface area (Å²) in [5, 5.41) is 0.773. The van der Waals surface area contributed by atoms with Gasteiger partial charge in [0.1, 0.15) is 5.75 Å². The predicted molar refractivity (Wildman–Crippen MR) is 131 cm³/mol. The Kier molecular flexibility index (Phi) is 6.83. The number of amides is 1. The van der Waals surface area contributed by atoms with Crippen LogP contribution in [-0.2, 0) is 24.5 Å². The summed E-state index contributed by atoms with van der Waals surface area (Å²) in [5.74, 6) is 0.120. The van der Waals surface area contributed by atoms with Gasteiger partial charge in [-0.05, 0) is 42.5 Å². The molecule has 2 heterocycles. The molecule has 0 N–H and O–H groups in total. The Bertz CT molecular complexity index is 1410. The minimum atomic E-state index is -3.57. The zero-order valence-electron chi connectivity index (χ0n) is 18.8. The molecule has 0 unspecified atom stereocenters. The van der Waals surface area contributed by atoms with E-state index in [2.05, 4.69) is 9.88 Å². The van der Waals surface area contributed by atoms with Crippen molar-refractivity contribution in [3.05, 3.63) is 42.5 Å². The Morgan fingerprint density at radius 3 is 2.26 bits per heavy atom. The van der Waals surface area contributed by atoms with E-state index in [0.717, 1.165) is 15.3 Å². The van der Waals surface area contributed by atoms with Crippen LogP contribution in [0.3, 0.4) is 0 Å². The maximum absolute atomic E-state index is 12.6. The number of aromatic nitrogens is 1. The van der Waals surface area contributed by atoms with E-state index in [1.807, 2.05) is 0 Å². The van der Waals surface area contributed by atoms with Gasteiger partial charge in [-0.15, -0.1) is 0 Å². The number of anilines is 1. The third kappa shape index (κ3) is 5.34. The van der Waals surface area contributed by atoms with Gasteiger partial charge >= 0.3 is 0 Å². The van der Waals surface area contributed by atoms with Crippen LogP contribution in [0.2, 0.25) is 0 Å². The minimum absolute atomic E-state index is 0.0796. The molecule has 1 aliphatic heterocycles. The van der Waals surface area contributed by atoms with E-state index < -0.39 is 19.7 Å². The Morgan fingerprint density at radius 2 is 1.65 bits per heavy atom. The smallest absolute Gasteiger partial charge is 0.223 e. The molecule has 2 aromatic carbocycles. The quantitative estimate of drug-likeness (QED) is 0.463. The van der Waals surface area contributed by atoms with E-state index in [1.165, 1.54) is 36.8 Å². The molecule has 1 fully saturated rings. The lowest BCUT2D eigenvalue weighted by molar-refractivity contribution is -0.131. The first-order chi connectivity index (χ1) is 16.1. The summed E-state index contributed by atoms with van der Waals surface area (Å²) in [6.07, 6.45) is 1.10. The van der Waals surface area contributed by atoms with Crippen molar-refractivity contribution in [1.82, 2.24) is 9.88 Å². The number of benzene rings is 2. The molecule has 0 saturated carbocycles. The molecule has 182 valence electrons. The molecule has 1 aromatic heterocycles. The Balaban J connectivity index is 1.34. The second-order valence-electron chi connectivity index (χ2n) is 8.01. The van der Waals surface area contributed by atoms with E-state index in [9.17, 15) is 21.6 Å². The second-order valence-corrected chi connectivity index (χ2v) is 13.1. The van der Waals surface area contributed by atoms with Gasteiger partial charge in [-0.2, -0.15) is 0 Å². The van der Waals surface area contributed by atoms with Gasteiger partial charge in [0, 0.05) is 38.9 Å². The van der Waals surface area contributed by atoms with Gasteiger partial charge in [0.05, 0.1) is 32.9 Å². The molecule has 0 atom stereocenters. The van der Waals surface area contributed by atoms with Crippen LogP contribution in [0.5, 0.6) is 5.75 Å². The number of fused-ring (bicyclic) bond motifs is 1. The topological polar surface area (TPSA) is 114 Å². The molecular weight excluding hydrogens is 498 g/mol. The average molecular weight is 524 g/mol. The summed E-state index contributed by atoms with van der Waals surface area (Å²) in [6, 6.07) is 11.0. The molecule has 4 rings (SSSR count). The molecule has 0 radical (unpaired) electrons. The van der Waals surface area contributed by atoms with Crippen molar-refractivity contribution in [3.8, 4) is 5.75 Å². The van der Waals surface area contributed by atoms with Crippen molar-refractivity contribution in [2.75, 3.05) is 50.2 Å². The number of hydrogen-bond donors (Lipinski definition) is 0. The van der Waals surface area contributed by atoms with Crippen LogP contribution in [0, 0.1) is 0 Å². The van der Waals surface area contributed by atoms with Gasteiger partial charge in [-0.1, -0.05) is 11.3 Å². The highest BCUT2D eigenvalue weighted by Crippen LogP contribution is 2.31. The van der Waals surface area contributed by atoms with Crippen molar-refractivity contribution in [2.45, 2.75) is 16.2 Å². The third-order valence-corrected chi connectivity index (χ3v) is 9.60. The summed E-state index contributed by atoms with van der Waals surface area (Å²) >= 11 is 1.42. The van der Waals surface area contributed by atoms with Crippen LogP contribution in [-0.4, -0.2) is 77.9 Å². The zero-order chi connectivity index (χ0) is 24.5. The van der Waals surface area contributed by atoms with E-state index in [1.54, 1.807) is 35.2 Å². The lowest BCUT2D eigenvalue weighted by atomic mass is 10.3. The Labute approximate surface area is 202 Å². The molecule has 9 nitrogen and oxygen atoms in total. The average Bonchev–Trinajstić information content (AvgIpc) is 3.26. The van der Waals surface area contributed by atoms with Crippen LogP contribution < -0.4 is 9.64 Å². The van der Waals surface area contributed by atoms with Crippen molar-refractivity contribution >= 4 is 52.3 Å². The van der Waals surface area contributed by atoms with Gasteiger partial charge in [0.2, 0.25) is 5.91 Å². The lowest BCUT2D eigenvalue weighted by Gasteiger charge is -2.34. The largest absolute Gasteiger partial charge is 0.497 e. The zero-order valence-corrected chi connectivity index (χ0v) is 21.2. The summed E-state index contributed by atoms with van der Waals surface area (Å²) in [5.41, 5.74) is 0.731. The molecule has 1 amide bonds. The van der Waals surface area contributed by atoms with E-state index in [4.69, 9.17) is 4.74 Å². The van der Waals surface area contributed by atoms with E-state index in [0.29, 0.717) is 31.9 Å². The number of piperazine rings is 1. The van der Waals surface area contributed by atoms with Gasteiger partial charge in [0.15, 0.2) is 24.8 Å². The van der Waals surface area contributed by atoms with Gasteiger partial charge < -0.3 is 14.5 Å². The number of hydrogen-bond acceptors (Lipinski definition) is 9. The second kappa shape index (κ2) is 9.51. The van der Waals surface area contributed by atoms with Gasteiger partial charge in [-0.25, -0.2) is 21.8 Å². The van der Waals surface area contributed by atoms with Crippen LogP contribution in [0.25, 0.3) is 10.2 Å². The monoisotopic (exact) mass is 523 g/mol. The van der Waals surface area contributed by atoms with Gasteiger partial charge in [-0.3, -0.25) is 4.79 Å². The summed E-state index contributed by atoms with van der Waals surface area (Å²) in [4.78, 5) is 21.4. The highest BCUT2D eigenvalue weighted by molar-refractivity contribution is 7.91. The Hall–Kier alpha value is -2.70. The van der Waals surface area contributed by atoms with Crippen LogP contribution >= 0.6 is 11.3 Å². The summed E-state index contributed by atoms with van der Waals surface area (Å²) < 4.78 is 54.6. The first-order valence-corrected chi connectivity index (χ1v) is 14.9. The number of rotatable bonds is 7. The maximum atomic E-state index is 12.6. The number of carbonyl (C=O) groups is 1. The van der Waals surface area contributed by atoms with Crippen molar-refractivity contribution in [3.63, 3.8) is 0 Å². The molecule has 0 spiro atoms. The number of nitrogens with zero attached hydrogens (tertiary/aromatic N) is 3. The first kappa shape index (κ1) is 24.4. The maximum Gasteiger partial charge on any atom is 0.223 e. The molecule has 1 saturated heterocycles. The molecule has 0 bridgehead atoms. The highest BCUT2D eigenvalue weighted by atomic mass is 32.2. The van der Waals surface area contributed by atoms with E-state index in [-0.39, 0.29) is 27.9 Å². The number of sulfone groups is 2. The molecular formula is C22H25N3O6S3. The van der Waals surface area contributed by atoms with Crippen molar-refractivity contribution < 1.29 is 26.4 Å². The molecule has 0 aliphatic carbocycles. The fourth-order valence-electron chi connectivity index (χ4n) is 3.69. The molecule has 3 aromatic rings. The van der Waals surface area contributed by atoms with Crippen LogP contribution in [0.4, 0.5) is 5.13 Å². The summed E-state index contributed by atoms with van der Waals surface area (Å²) in [6.45, 7) is 2.06. The van der Waals surface area contributed by atoms with E-state index >= 15 is 0 Å².